The van der Waals surface area contributed by atoms with Gasteiger partial charge >= 0.3 is 0 Å². The summed E-state index contributed by atoms with van der Waals surface area (Å²) in [6.07, 6.45) is -0.744. The summed E-state index contributed by atoms with van der Waals surface area (Å²) in [6, 6.07) is 17.7. The Morgan fingerprint density at radius 3 is 2.38 bits per heavy atom. The lowest BCUT2D eigenvalue weighted by molar-refractivity contribution is -0.122. The largest absolute Gasteiger partial charge is 0.478 e. The van der Waals surface area contributed by atoms with E-state index in [0.29, 0.717) is 11.0 Å². The number of anilines is 1. The topological polar surface area (TPSA) is 68.5 Å². The molecule has 0 radical (unpaired) electrons. The van der Waals surface area contributed by atoms with E-state index in [4.69, 9.17) is 9.15 Å². The number of hydrogen-bond donors (Lipinski definition) is 1. The Morgan fingerprint density at radius 2 is 1.66 bits per heavy atom. The summed E-state index contributed by atoms with van der Waals surface area (Å²) in [6.45, 7) is 1.73. The fourth-order valence-corrected chi connectivity index (χ4v) is 3.28. The second kappa shape index (κ2) is 9.01. The molecule has 4 aromatic rings. The Kier molecular flexibility index (Phi) is 5.98. The molecular formula is C25H19F2NO4. The van der Waals surface area contributed by atoms with Crippen molar-refractivity contribution in [3.05, 3.63) is 95.8 Å². The molecule has 0 spiro atoms. The highest BCUT2D eigenvalue weighted by atomic mass is 19.1. The quantitative estimate of drug-likeness (QED) is 0.376. The third kappa shape index (κ3) is 4.23. The molecule has 0 saturated carbocycles. The van der Waals surface area contributed by atoms with E-state index in [0.717, 1.165) is 0 Å². The molecule has 0 fully saturated rings. The van der Waals surface area contributed by atoms with Crippen LogP contribution in [0.2, 0.25) is 0 Å². The van der Waals surface area contributed by atoms with Crippen molar-refractivity contribution in [2.75, 3.05) is 5.32 Å². The van der Waals surface area contributed by atoms with Gasteiger partial charge in [0.2, 0.25) is 5.78 Å². The van der Waals surface area contributed by atoms with E-state index >= 15 is 0 Å². The predicted octanol–water partition coefficient (Wildman–Crippen LogP) is 5.74. The van der Waals surface area contributed by atoms with E-state index in [1.807, 2.05) is 0 Å². The SMILES string of the molecule is CCC(Oc1ccccc1F)C(=O)Nc1c(C(=O)c2ccc(F)cc2)oc2ccccc12. The van der Waals surface area contributed by atoms with Crippen molar-refractivity contribution >= 4 is 28.3 Å². The van der Waals surface area contributed by atoms with Crippen LogP contribution < -0.4 is 10.1 Å². The lowest BCUT2D eigenvalue weighted by Gasteiger charge is -2.17. The van der Waals surface area contributed by atoms with Crippen molar-refractivity contribution in [2.24, 2.45) is 0 Å². The van der Waals surface area contributed by atoms with Gasteiger partial charge in [0.05, 0.1) is 5.69 Å². The minimum absolute atomic E-state index is 0.0471. The molecule has 0 aliphatic carbocycles. The summed E-state index contributed by atoms with van der Waals surface area (Å²) in [5, 5.41) is 3.23. The zero-order valence-electron chi connectivity index (χ0n) is 17.1. The molecule has 7 heteroatoms. The van der Waals surface area contributed by atoms with Crippen LogP contribution in [0, 0.1) is 11.6 Å². The maximum Gasteiger partial charge on any atom is 0.265 e. The summed E-state index contributed by atoms with van der Waals surface area (Å²) in [4.78, 5) is 26.1. The van der Waals surface area contributed by atoms with Gasteiger partial charge in [-0.15, -0.1) is 0 Å². The molecule has 1 unspecified atom stereocenters. The number of ether oxygens (including phenoxy) is 1. The molecule has 1 aromatic heterocycles. The highest BCUT2D eigenvalue weighted by Gasteiger charge is 2.27. The Bertz CT molecular complexity index is 1280. The predicted molar refractivity (Wildman–Crippen MR) is 116 cm³/mol. The normalized spacial score (nSPS) is 11.8. The third-order valence-corrected chi connectivity index (χ3v) is 4.93. The first-order valence-electron chi connectivity index (χ1n) is 10.0. The van der Waals surface area contributed by atoms with Gasteiger partial charge in [-0.1, -0.05) is 31.2 Å². The molecular weight excluding hydrogens is 416 g/mol. The number of para-hydroxylation sites is 2. The van der Waals surface area contributed by atoms with E-state index in [9.17, 15) is 18.4 Å². The van der Waals surface area contributed by atoms with Crippen LogP contribution in [-0.2, 0) is 4.79 Å². The van der Waals surface area contributed by atoms with Crippen LogP contribution in [0.15, 0.2) is 77.2 Å². The number of furan rings is 1. The van der Waals surface area contributed by atoms with Crippen molar-refractivity contribution in [3.8, 4) is 5.75 Å². The van der Waals surface area contributed by atoms with Gasteiger partial charge in [-0.3, -0.25) is 9.59 Å². The van der Waals surface area contributed by atoms with E-state index in [-0.39, 0.29) is 29.2 Å². The van der Waals surface area contributed by atoms with Crippen molar-refractivity contribution in [1.82, 2.24) is 0 Å². The van der Waals surface area contributed by atoms with Gasteiger partial charge in [0.1, 0.15) is 11.4 Å². The van der Waals surface area contributed by atoms with Crippen LogP contribution in [0.25, 0.3) is 11.0 Å². The molecule has 3 aromatic carbocycles. The number of rotatable bonds is 7. The molecule has 0 saturated heterocycles. The van der Waals surface area contributed by atoms with Gasteiger partial charge < -0.3 is 14.5 Å². The second-order valence-corrected chi connectivity index (χ2v) is 7.07. The maximum absolute atomic E-state index is 14.0. The monoisotopic (exact) mass is 435 g/mol. The number of ketones is 1. The van der Waals surface area contributed by atoms with Crippen molar-refractivity contribution in [3.63, 3.8) is 0 Å². The van der Waals surface area contributed by atoms with E-state index < -0.39 is 29.4 Å². The van der Waals surface area contributed by atoms with Gasteiger partial charge in [0.25, 0.3) is 5.91 Å². The standard InChI is InChI=1S/C25H19F2NO4/c1-2-19(31-21-10-6-4-8-18(21)27)25(30)28-22-17-7-3-5-9-20(17)32-24(22)23(29)15-11-13-16(26)14-12-15/h3-14,19H,2H2,1H3,(H,28,30). The molecule has 162 valence electrons. The molecule has 1 atom stereocenters. The molecule has 0 aliphatic rings. The first-order chi connectivity index (χ1) is 15.5. The number of halogens is 2. The Labute approximate surface area is 182 Å². The molecule has 0 aliphatic heterocycles. The summed E-state index contributed by atoms with van der Waals surface area (Å²) in [7, 11) is 0. The first-order valence-corrected chi connectivity index (χ1v) is 10.0. The average molecular weight is 435 g/mol. The van der Waals surface area contributed by atoms with Gasteiger partial charge in [0, 0.05) is 10.9 Å². The minimum Gasteiger partial charge on any atom is -0.478 e. The van der Waals surface area contributed by atoms with Gasteiger partial charge in [-0.05, 0) is 55.0 Å². The summed E-state index contributed by atoms with van der Waals surface area (Å²) in [5.41, 5.74) is 0.780. The van der Waals surface area contributed by atoms with Crippen LogP contribution >= 0.6 is 0 Å². The Morgan fingerprint density at radius 1 is 0.969 bits per heavy atom. The molecule has 1 amide bonds. The van der Waals surface area contributed by atoms with Crippen LogP contribution in [0.4, 0.5) is 14.5 Å². The third-order valence-electron chi connectivity index (χ3n) is 4.93. The highest BCUT2D eigenvalue weighted by molar-refractivity contribution is 6.17. The molecule has 4 rings (SSSR count). The summed E-state index contributed by atoms with van der Waals surface area (Å²) >= 11 is 0. The summed E-state index contributed by atoms with van der Waals surface area (Å²) < 4.78 is 38.6. The number of carbonyl (C=O) groups is 2. The lowest BCUT2D eigenvalue weighted by Crippen LogP contribution is -2.33. The van der Waals surface area contributed by atoms with Crippen molar-refractivity contribution in [1.29, 1.82) is 0 Å². The van der Waals surface area contributed by atoms with Crippen LogP contribution in [0.5, 0.6) is 5.75 Å². The van der Waals surface area contributed by atoms with Crippen LogP contribution in [0.1, 0.15) is 29.5 Å². The van der Waals surface area contributed by atoms with Crippen LogP contribution in [-0.4, -0.2) is 17.8 Å². The zero-order valence-corrected chi connectivity index (χ0v) is 17.1. The molecule has 1 heterocycles. The van der Waals surface area contributed by atoms with Gasteiger partial charge in [-0.25, -0.2) is 8.78 Å². The minimum atomic E-state index is -1.01. The number of benzene rings is 3. The lowest BCUT2D eigenvalue weighted by atomic mass is 10.1. The van der Waals surface area contributed by atoms with Crippen molar-refractivity contribution in [2.45, 2.75) is 19.4 Å². The Hall–Kier alpha value is -4.00. The van der Waals surface area contributed by atoms with Crippen molar-refractivity contribution < 1.29 is 27.5 Å². The maximum atomic E-state index is 14.0. The van der Waals surface area contributed by atoms with Gasteiger partial charge in [0.15, 0.2) is 23.4 Å². The highest BCUT2D eigenvalue weighted by Crippen LogP contribution is 2.33. The number of amides is 1. The number of nitrogens with one attached hydrogen (secondary N) is 1. The van der Waals surface area contributed by atoms with E-state index in [1.165, 1.54) is 42.5 Å². The molecule has 0 bridgehead atoms. The fourth-order valence-electron chi connectivity index (χ4n) is 3.28. The Balaban J connectivity index is 1.67. The van der Waals surface area contributed by atoms with E-state index in [2.05, 4.69) is 5.32 Å². The van der Waals surface area contributed by atoms with Gasteiger partial charge in [-0.2, -0.15) is 0 Å². The first kappa shape index (κ1) is 21.2. The number of hydrogen-bond acceptors (Lipinski definition) is 4. The summed E-state index contributed by atoms with van der Waals surface area (Å²) in [5.74, 6) is -2.27. The second-order valence-electron chi connectivity index (χ2n) is 7.07. The zero-order chi connectivity index (χ0) is 22.7. The fraction of sp³-hybridized carbons (Fsp3) is 0.120. The molecule has 1 N–H and O–H groups in total. The smallest absolute Gasteiger partial charge is 0.265 e. The molecule has 32 heavy (non-hydrogen) atoms. The van der Waals surface area contributed by atoms with Crippen LogP contribution in [0.3, 0.4) is 0 Å². The average Bonchev–Trinajstić information content (AvgIpc) is 3.17. The number of fused-ring (bicyclic) bond motifs is 1. The van der Waals surface area contributed by atoms with E-state index in [1.54, 1.807) is 37.3 Å². The molecule has 5 nitrogen and oxygen atoms in total. The number of carbonyl (C=O) groups excluding carboxylic acids is 2.